The highest BCUT2D eigenvalue weighted by Gasteiger charge is 2.14. The fourth-order valence-electron chi connectivity index (χ4n) is 2.64. The minimum absolute atomic E-state index is 0.213. The molecule has 0 aliphatic heterocycles. The van der Waals surface area contributed by atoms with Gasteiger partial charge >= 0.3 is 0 Å². The number of carbonyl (C=O) groups is 1. The van der Waals surface area contributed by atoms with E-state index in [0.717, 1.165) is 11.1 Å². The third-order valence-corrected chi connectivity index (χ3v) is 4.06. The molecule has 0 unspecified atom stereocenters. The van der Waals surface area contributed by atoms with Gasteiger partial charge in [0, 0.05) is 13.2 Å². The summed E-state index contributed by atoms with van der Waals surface area (Å²) in [7, 11) is 0. The van der Waals surface area contributed by atoms with Gasteiger partial charge in [-0.1, -0.05) is 24.3 Å². The zero-order chi connectivity index (χ0) is 17.8. The topological polar surface area (TPSA) is 69.9 Å². The van der Waals surface area contributed by atoms with Gasteiger partial charge in [0.1, 0.15) is 5.82 Å². The zero-order valence-corrected chi connectivity index (χ0v) is 14.5. The van der Waals surface area contributed by atoms with Crippen LogP contribution in [-0.2, 0) is 17.9 Å². The molecule has 0 atom stereocenters. The number of H-pyrrole nitrogens is 2. The van der Waals surface area contributed by atoms with Gasteiger partial charge in [-0.3, -0.25) is 4.79 Å². The van der Waals surface area contributed by atoms with Crippen LogP contribution < -0.4 is 5.32 Å². The smallest absolute Gasteiger partial charge is 0.253 e. The molecule has 0 fully saturated rings. The van der Waals surface area contributed by atoms with E-state index in [1.807, 2.05) is 31.2 Å². The molecule has 0 aliphatic carbocycles. The van der Waals surface area contributed by atoms with Crippen LogP contribution in [0.2, 0.25) is 0 Å². The number of fused-ring (bicyclic) bond motifs is 1. The van der Waals surface area contributed by atoms with E-state index < -0.39 is 5.82 Å². The van der Waals surface area contributed by atoms with Crippen LogP contribution in [0, 0.1) is 10.6 Å². The maximum Gasteiger partial charge on any atom is 0.253 e. The van der Waals surface area contributed by atoms with Gasteiger partial charge in [-0.2, -0.15) is 0 Å². The number of halogens is 1. The molecule has 3 aromatic rings. The van der Waals surface area contributed by atoms with E-state index in [4.69, 9.17) is 17.0 Å². The number of nitrogens with one attached hydrogen (secondary N) is 3. The van der Waals surface area contributed by atoms with Crippen LogP contribution >= 0.6 is 12.2 Å². The third kappa shape index (κ3) is 3.94. The lowest BCUT2D eigenvalue weighted by atomic mass is 10.1. The van der Waals surface area contributed by atoms with Crippen molar-refractivity contribution in [1.29, 1.82) is 0 Å². The number of benzene rings is 2. The first kappa shape index (κ1) is 17.3. The lowest BCUT2D eigenvalue weighted by Gasteiger charge is -2.11. The normalized spacial score (nSPS) is 11.0. The molecule has 1 aromatic heterocycles. The van der Waals surface area contributed by atoms with Crippen molar-refractivity contribution in [3.63, 3.8) is 0 Å². The highest BCUT2D eigenvalue weighted by atomic mass is 32.1. The Balaban J connectivity index is 1.81. The largest absolute Gasteiger partial charge is 0.377 e. The standard InChI is InChI=1S/C18H18FN3O2S/c1-2-24-10-12-6-4-3-5-11(12)9-20-17(23)14-7-13(19)8-15-16(14)22-18(25)21-15/h3-8H,2,9-10H2,1H3,(H,20,23)(H2,21,22,25). The molecule has 0 spiro atoms. The fourth-order valence-corrected chi connectivity index (χ4v) is 2.85. The molecule has 1 heterocycles. The summed E-state index contributed by atoms with van der Waals surface area (Å²) in [5.74, 6) is -0.874. The number of amides is 1. The van der Waals surface area contributed by atoms with Gasteiger partial charge in [0.25, 0.3) is 5.91 Å². The van der Waals surface area contributed by atoms with Crippen molar-refractivity contribution < 1.29 is 13.9 Å². The first-order chi connectivity index (χ1) is 12.1. The van der Waals surface area contributed by atoms with E-state index in [2.05, 4.69) is 15.3 Å². The predicted octanol–water partition coefficient (Wildman–Crippen LogP) is 3.83. The van der Waals surface area contributed by atoms with E-state index in [9.17, 15) is 9.18 Å². The highest BCUT2D eigenvalue weighted by Crippen LogP contribution is 2.18. The summed E-state index contributed by atoms with van der Waals surface area (Å²) in [6.45, 7) is 3.36. The average molecular weight is 359 g/mol. The van der Waals surface area contributed by atoms with Gasteiger partial charge in [0.2, 0.25) is 0 Å². The second kappa shape index (κ2) is 7.58. The average Bonchev–Trinajstić information content (AvgIpc) is 2.97. The van der Waals surface area contributed by atoms with Crippen molar-refractivity contribution in [2.45, 2.75) is 20.1 Å². The Bertz CT molecular complexity index is 964. The van der Waals surface area contributed by atoms with Crippen LogP contribution in [0.15, 0.2) is 36.4 Å². The molecule has 1 amide bonds. The Morgan fingerprint density at radius 2 is 2.00 bits per heavy atom. The Morgan fingerprint density at radius 3 is 2.76 bits per heavy atom. The molecule has 0 saturated heterocycles. The van der Waals surface area contributed by atoms with Gasteiger partial charge in [-0.25, -0.2) is 4.39 Å². The van der Waals surface area contributed by atoms with Crippen LogP contribution in [-0.4, -0.2) is 22.5 Å². The number of aromatic nitrogens is 2. The quantitative estimate of drug-likeness (QED) is 0.586. The molecule has 25 heavy (non-hydrogen) atoms. The molecule has 3 rings (SSSR count). The minimum atomic E-state index is -0.500. The van der Waals surface area contributed by atoms with Crippen LogP contribution in [0.4, 0.5) is 4.39 Å². The van der Waals surface area contributed by atoms with Crippen molar-refractivity contribution >= 4 is 29.2 Å². The number of imidazole rings is 1. The van der Waals surface area contributed by atoms with E-state index >= 15 is 0 Å². The van der Waals surface area contributed by atoms with Crippen molar-refractivity contribution in [2.75, 3.05) is 6.61 Å². The number of carbonyl (C=O) groups excluding carboxylic acids is 1. The first-order valence-corrected chi connectivity index (χ1v) is 8.33. The van der Waals surface area contributed by atoms with Gasteiger partial charge in [0.05, 0.1) is 23.2 Å². The lowest BCUT2D eigenvalue weighted by Crippen LogP contribution is -2.24. The number of rotatable bonds is 6. The molecule has 5 nitrogen and oxygen atoms in total. The van der Waals surface area contributed by atoms with E-state index in [0.29, 0.717) is 35.6 Å². The van der Waals surface area contributed by atoms with Crippen molar-refractivity contribution in [2.24, 2.45) is 0 Å². The minimum Gasteiger partial charge on any atom is -0.377 e. The number of ether oxygens (including phenoxy) is 1. The highest BCUT2D eigenvalue weighted by molar-refractivity contribution is 7.71. The summed E-state index contributed by atoms with van der Waals surface area (Å²) in [6.07, 6.45) is 0. The zero-order valence-electron chi connectivity index (χ0n) is 13.7. The second-order valence-electron chi connectivity index (χ2n) is 5.54. The number of hydrogen-bond donors (Lipinski definition) is 3. The Labute approximate surface area is 149 Å². The lowest BCUT2D eigenvalue weighted by molar-refractivity contribution is 0.0951. The van der Waals surface area contributed by atoms with E-state index in [1.165, 1.54) is 12.1 Å². The molecule has 130 valence electrons. The Hall–Kier alpha value is -2.51. The van der Waals surface area contributed by atoms with Crippen molar-refractivity contribution in [3.05, 3.63) is 63.7 Å². The molecule has 0 radical (unpaired) electrons. The first-order valence-electron chi connectivity index (χ1n) is 7.92. The number of aromatic amines is 2. The van der Waals surface area contributed by atoms with Gasteiger partial charge in [0.15, 0.2) is 4.77 Å². The van der Waals surface area contributed by atoms with Crippen LogP contribution in [0.1, 0.15) is 28.4 Å². The summed E-state index contributed by atoms with van der Waals surface area (Å²) < 4.78 is 19.6. The summed E-state index contributed by atoms with van der Waals surface area (Å²) in [4.78, 5) is 18.2. The molecular formula is C18H18FN3O2S. The van der Waals surface area contributed by atoms with Gasteiger partial charge in [-0.05, 0) is 42.4 Å². The monoisotopic (exact) mass is 359 g/mol. The van der Waals surface area contributed by atoms with Crippen LogP contribution in [0.5, 0.6) is 0 Å². The number of hydrogen-bond acceptors (Lipinski definition) is 3. The summed E-state index contributed by atoms with van der Waals surface area (Å²) in [6, 6.07) is 10.2. The second-order valence-corrected chi connectivity index (χ2v) is 5.95. The third-order valence-electron chi connectivity index (χ3n) is 3.85. The molecular weight excluding hydrogens is 341 g/mol. The predicted molar refractivity (Wildman–Crippen MR) is 96.4 cm³/mol. The molecule has 3 N–H and O–H groups in total. The Kier molecular flexibility index (Phi) is 5.25. The van der Waals surface area contributed by atoms with Crippen LogP contribution in [0.3, 0.4) is 0 Å². The molecule has 2 aromatic carbocycles. The molecule has 0 saturated carbocycles. The van der Waals surface area contributed by atoms with Crippen molar-refractivity contribution in [1.82, 2.24) is 15.3 Å². The Morgan fingerprint density at radius 1 is 1.24 bits per heavy atom. The maximum absolute atomic E-state index is 13.8. The summed E-state index contributed by atoms with van der Waals surface area (Å²) in [5, 5.41) is 2.83. The molecule has 0 bridgehead atoms. The molecule has 0 aliphatic rings. The summed E-state index contributed by atoms with van der Waals surface area (Å²) in [5.41, 5.74) is 3.14. The SMILES string of the molecule is CCOCc1ccccc1CNC(=O)c1cc(F)cc2[nH]c(=S)[nH]c12. The van der Waals surface area contributed by atoms with Crippen molar-refractivity contribution in [3.8, 4) is 0 Å². The molecule has 7 heteroatoms. The fraction of sp³-hybridized carbons (Fsp3) is 0.222. The van der Waals surface area contributed by atoms with E-state index in [1.54, 1.807) is 0 Å². The summed E-state index contributed by atoms with van der Waals surface area (Å²) >= 11 is 5.02. The van der Waals surface area contributed by atoms with Gasteiger partial charge < -0.3 is 20.0 Å². The van der Waals surface area contributed by atoms with E-state index in [-0.39, 0.29) is 11.5 Å². The van der Waals surface area contributed by atoms with Gasteiger partial charge in [-0.15, -0.1) is 0 Å². The maximum atomic E-state index is 13.8. The van der Waals surface area contributed by atoms with Crippen LogP contribution in [0.25, 0.3) is 11.0 Å².